The van der Waals surface area contributed by atoms with Crippen LogP contribution in [0.3, 0.4) is 0 Å². The van der Waals surface area contributed by atoms with E-state index in [1.165, 1.54) is 0 Å². The molecule has 4 heterocycles. The number of piperidine rings is 1. The van der Waals surface area contributed by atoms with Crippen molar-refractivity contribution in [3.05, 3.63) is 52.6 Å². The van der Waals surface area contributed by atoms with Gasteiger partial charge in [0.2, 0.25) is 0 Å². The molecule has 31 heavy (non-hydrogen) atoms. The van der Waals surface area contributed by atoms with Gasteiger partial charge in [-0.05, 0) is 69.7 Å². The summed E-state index contributed by atoms with van der Waals surface area (Å²) in [4.78, 5) is 23.2. The van der Waals surface area contributed by atoms with Crippen molar-refractivity contribution < 1.29 is 14.3 Å². The molecule has 6 nitrogen and oxygen atoms in total. The quantitative estimate of drug-likeness (QED) is 0.646. The number of amides is 1. The van der Waals surface area contributed by atoms with Crippen molar-refractivity contribution in [1.29, 1.82) is 0 Å². The molecule has 0 N–H and O–H groups in total. The second-order valence-corrected chi connectivity index (χ2v) is 10.1. The van der Waals surface area contributed by atoms with Gasteiger partial charge in [-0.3, -0.25) is 4.79 Å². The number of nitrogens with zero attached hydrogens (tertiary/aromatic N) is 3. The molecule has 164 valence electrons. The summed E-state index contributed by atoms with van der Waals surface area (Å²) in [7, 11) is 0. The van der Waals surface area contributed by atoms with E-state index in [4.69, 9.17) is 21.1 Å². The largest absolute Gasteiger partial charge is 0.487 e. The highest BCUT2D eigenvalue weighted by Crippen LogP contribution is 2.55. The van der Waals surface area contributed by atoms with Gasteiger partial charge in [-0.2, -0.15) is 0 Å². The van der Waals surface area contributed by atoms with E-state index in [0.717, 1.165) is 30.6 Å². The van der Waals surface area contributed by atoms with Crippen LogP contribution >= 0.6 is 11.6 Å². The Labute approximate surface area is 187 Å². The van der Waals surface area contributed by atoms with Gasteiger partial charge in [0.05, 0.1) is 12.7 Å². The van der Waals surface area contributed by atoms with Crippen LogP contribution in [-0.2, 0) is 4.74 Å². The van der Waals surface area contributed by atoms with Crippen LogP contribution in [0.25, 0.3) is 0 Å². The lowest BCUT2D eigenvalue weighted by atomic mass is 9.64. The maximum absolute atomic E-state index is 12.9. The van der Waals surface area contributed by atoms with Crippen molar-refractivity contribution in [1.82, 2.24) is 14.9 Å². The number of hydrogen-bond donors (Lipinski definition) is 0. The Morgan fingerprint density at radius 3 is 2.74 bits per heavy atom. The first-order valence-electron chi connectivity index (χ1n) is 11.0. The number of carbonyl (C=O) groups is 1. The first-order valence-corrected chi connectivity index (χ1v) is 11.3. The lowest BCUT2D eigenvalue weighted by Crippen LogP contribution is -2.54. The molecule has 1 aromatic heterocycles. The number of aromatic nitrogens is 2. The van der Waals surface area contributed by atoms with Crippen molar-refractivity contribution >= 4 is 17.5 Å². The van der Waals surface area contributed by atoms with Crippen molar-refractivity contribution in [3.8, 4) is 5.75 Å². The van der Waals surface area contributed by atoms with Crippen LogP contribution in [-0.4, -0.2) is 46.1 Å². The number of likely N-dealkylation sites (tertiary alicyclic amines) is 1. The number of hydrogen-bond acceptors (Lipinski definition) is 5. The van der Waals surface area contributed by atoms with Gasteiger partial charge in [-0.25, -0.2) is 9.97 Å². The number of rotatable bonds is 1. The summed E-state index contributed by atoms with van der Waals surface area (Å²) in [6.45, 7) is 8.24. The summed E-state index contributed by atoms with van der Waals surface area (Å²) >= 11 is 6.27. The normalized spacial score (nSPS) is 26.0. The van der Waals surface area contributed by atoms with Gasteiger partial charge in [0.1, 0.15) is 22.9 Å². The van der Waals surface area contributed by atoms with E-state index in [-0.39, 0.29) is 28.9 Å². The lowest BCUT2D eigenvalue weighted by molar-refractivity contribution is -0.173. The third-order valence-corrected chi connectivity index (χ3v) is 7.47. The molecule has 1 spiro atoms. The third-order valence-electron chi connectivity index (χ3n) is 7.24. The number of ether oxygens (including phenoxy) is 2. The van der Waals surface area contributed by atoms with Crippen molar-refractivity contribution in [2.45, 2.75) is 51.7 Å². The first-order chi connectivity index (χ1) is 14.8. The average Bonchev–Trinajstić information content (AvgIpc) is 2.74. The van der Waals surface area contributed by atoms with E-state index in [2.05, 4.69) is 23.8 Å². The smallest absolute Gasteiger partial charge is 0.272 e. The second kappa shape index (κ2) is 7.45. The molecule has 1 amide bonds. The minimum atomic E-state index is -0.329. The molecule has 3 aliphatic rings. The number of aryl methyl sites for hydroxylation is 1. The standard InChI is InChI=1S/C24H28ClN3O3/c1-15-26-9-6-19(27-15)22(29)28-10-7-24(8-11-28)13-18-21(30-14-24)17-12-16(25)4-5-20(17)31-23(18,2)3/h4-6,9,12,18,21H,7-8,10-11,13-14H2,1-3H3/t18-,21+/m0/s1. The predicted octanol–water partition coefficient (Wildman–Crippen LogP) is 4.61. The van der Waals surface area contributed by atoms with Crippen molar-refractivity contribution in [2.24, 2.45) is 11.3 Å². The summed E-state index contributed by atoms with van der Waals surface area (Å²) in [5, 5.41) is 0.705. The van der Waals surface area contributed by atoms with Crippen LogP contribution in [0, 0.1) is 18.3 Å². The molecule has 2 saturated heterocycles. The van der Waals surface area contributed by atoms with E-state index in [1.54, 1.807) is 19.2 Å². The van der Waals surface area contributed by atoms with Gasteiger partial charge in [-0.1, -0.05) is 11.6 Å². The summed E-state index contributed by atoms with van der Waals surface area (Å²) in [5.74, 6) is 1.71. The third kappa shape index (κ3) is 3.70. The molecule has 0 radical (unpaired) electrons. The van der Waals surface area contributed by atoms with Crippen LogP contribution in [0.15, 0.2) is 30.5 Å². The Hall–Kier alpha value is -2.18. The Kier molecular flexibility index (Phi) is 4.98. The fraction of sp³-hybridized carbons (Fsp3) is 0.542. The Morgan fingerprint density at radius 2 is 2.00 bits per heavy atom. The fourth-order valence-corrected chi connectivity index (χ4v) is 5.58. The summed E-state index contributed by atoms with van der Waals surface area (Å²) in [5.41, 5.74) is 1.26. The monoisotopic (exact) mass is 441 g/mol. The fourth-order valence-electron chi connectivity index (χ4n) is 5.40. The zero-order valence-electron chi connectivity index (χ0n) is 18.2. The molecule has 2 aromatic rings. The van der Waals surface area contributed by atoms with Gasteiger partial charge < -0.3 is 14.4 Å². The average molecular weight is 442 g/mol. The molecule has 3 aliphatic heterocycles. The highest BCUT2D eigenvalue weighted by molar-refractivity contribution is 6.30. The zero-order chi connectivity index (χ0) is 21.8. The second-order valence-electron chi connectivity index (χ2n) is 9.71. The number of carbonyl (C=O) groups excluding carboxylic acids is 1. The minimum absolute atomic E-state index is 0.00766. The molecule has 0 bridgehead atoms. The highest BCUT2D eigenvalue weighted by Gasteiger charge is 2.53. The van der Waals surface area contributed by atoms with Gasteiger partial charge in [0.25, 0.3) is 5.91 Å². The first kappa shape index (κ1) is 20.7. The molecule has 0 unspecified atom stereocenters. The Balaban J connectivity index is 1.32. The van der Waals surface area contributed by atoms with E-state index in [0.29, 0.717) is 36.2 Å². The molecule has 2 atom stereocenters. The minimum Gasteiger partial charge on any atom is -0.487 e. The van der Waals surface area contributed by atoms with Crippen LogP contribution in [0.5, 0.6) is 5.75 Å². The summed E-state index contributed by atoms with van der Waals surface area (Å²) < 4.78 is 12.9. The van der Waals surface area contributed by atoms with E-state index < -0.39 is 0 Å². The SMILES string of the molecule is Cc1nccc(C(=O)N2CCC3(CC2)CO[C@@H]2c4cc(Cl)ccc4OC(C)(C)[C@H]2C3)n1. The molecule has 7 heteroatoms. The molecule has 0 saturated carbocycles. The van der Waals surface area contributed by atoms with Gasteiger partial charge in [0.15, 0.2) is 0 Å². The number of benzene rings is 1. The number of halogens is 1. The van der Waals surface area contributed by atoms with Crippen molar-refractivity contribution in [2.75, 3.05) is 19.7 Å². The lowest BCUT2D eigenvalue weighted by Gasteiger charge is -2.54. The molecular formula is C24H28ClN3O3. The maximum Gasteiger partial charge on any atom is 0.272 e. The van der Waals surface area contributed by atoms with Crippen LogP contribution in [0.1, 0.15) is 61.1 Å². The molecular weight excluding hydrogens is 414 g/mol. The molecule has 0 aliphatic carbocycles. The van der Waals surface area contributed by atoms with Crippen molar-refractivity contribution in [3.63, 3.8) is 0 Å². The maximum atomic E-state index is 12.9. The van der Waals surface area contributed by atoms with E-state index >= 15 is 0 Å². The van der Waals surface area contributed by atoms with Crippen LogP contribution < -0.4 is 4.74 Å². The number of fused-ring (bicyclic) bond motifs is 3. The molecule has 5 rings (SSSR count). The highest BCUT2D eigenvalue weighted by atomic mass is 35.5. The zero-order valence-corrected chi connectivity index (χ0v) is 19.0. The topological polar surface area (TPSA) is 64.6 Å². The Bertz CT molecular complexity index is 1020. The molecule has 1 aromatic carbocycles. The van der Waals surface area contributed by atoms with Gasteiger partial charge >= 0.3 is 0 Å². The van der Waals surface area contributed by atoms with E-state index in [9.17, 15) is 4.79 Å². The predicted molar refractivity (Wildman–Crippen MR) is 117 cm³/mol. The summed E-state index contributed by atoms with van der Waals surface area (Å²) in [6.07, 6.45) is 4.50. The van der Waals surface area contributed by atoms with Gasteiger partial charge in [-0.15, -0.1) is 0 Å². The van der Waals surface area contributed by atoms with Crippen LogP contribution in [0.4, 0.5) is 0 Å². The van der Waals surface area contributed by atoms with Gasteiger partial charge in [0, 0.05) is 35.8 Å². The van der Waals surface area contributed by atoms with Crippen LogP contribution in [0.2, 0.25) is 5.02 Å². The Morgan fingerprint density at radius 1 is 1.23 bits per heavy atom. The molecule has 2 fully saturated rings. The summed E-state index contributed by atoms with van der Waals surface area (Å²) in [6, 6.07) is 7.49. The van der Waals surface area contributed by atoms with E-state index in [1.807, 2.05) is 23.1 Å².